The number of aromatic amines is 1. The standard InChI is InChI=1S/C20H19N5O3/c1-3-27-16(26)10-25-9-14(12-6-4-5-7-15(12)25)18-13(8-21)19(22)28-20-17(18)11(2)23-24-20/h4-7,9,18H,3,10,22H2,1-2H3,(H,23,24)/t18-/m0/s1. The molecule has 3 heterocycles. The maximum Gasteiger partial charge on any atom is 0.325 e. The number of allylic oxidation sites excluding steroid dienone is 1. The number of H-pyrrole nitrogens is 1. The van der Waals surface area contributed by atoms with Crippen LogP contribution in [0.1, 0.15) is 29.7 Å². The molecular formula is C20H19N5O3. The van der Waals surface area contributed by atoms with Crippen LogP contribution in [0, 0.1) is 18.3 Å². The van der Waals surface area contributed by atoms with Crippen molar-refractivity contribution in [2.45, 2.75) is 26.3 Å². The van der Waals surface area contributed by atoms with Gasteiger partial charge in [0.15, 0.2) is 0 Å². The fourth-order valence-electron chi connectivity index (χ4n) is 3.69. The number of benzene rings is 1. The van der Waals surface area contributed by atoms with Crippen LogP contribution in [0.2, 0.25) is 0 Å². The number of carbonyl (C=O) groups excluding carboxylic acids is 1. The zero-order valence-corrected chi connectivity index (χ0v) is 15.5. The lowest BCUT2D eigenvalue weighted by molar-refractivity contribution is -0.143. The maximum atomic E-state index is 12.1. The Morgan fingerprint density at radius 3 is 3.00 bits per heavy atom. The Hall–Kier alpha value is -3.73. The number of nitrogens with zero attached hydrogens (tertiary/aromatic N) is 3. The second-order valence-corrected chi connectivity index (χ2v) is 6.53. The molecule has 8 heteroatoms. The number of ether oxygens (including phenoxy) is 2. The van der Waals surface area contributed by atoms with E-state index < -0.39 is 5.92 Å². The third-order valence-electron chi connectivity index (χ3n) is 4.86. The van der Waals surface area contributed by atoms with E-state index in [4.69, 9.17) is 15.2 Å². The van der Waals surface area contributed by atoms with Gasteiger partial charge in [0.25, 0.3) is 0 Å². The van der Waals surface area contributed by atoms with Gasteiger partial charge in [-0.15, -0.1) is 5.10 Å². The molecule has 1 aliphatic rings. The number of aryl methyl sites for hydroxylation is 1. The van der Waals surface area contributed by atoms with Crippen LogP contribution in [0.25, 0.3) is 10.9 Å². The maximum absolute atomic E-state index is 12.1. The summed E-state index contributed by atoms with van der Waals surface area (Å²) < 4.78 is 12.5. The number of fused-ring (bicyclic) bond motifs is 2. The topological polar surface area (TPSA) is 119 Å². The van der Waals surface area contributed by atoms with Gasteiger partial charge in [-0.05, 0) is 25.5 Å². The molecule has 3 N–H and O–H groups in total. The van der Waals surface area contributed by atoms with Crippen molar-refractivity contribution in [3.63, 3.8) is 0 Å². The molecule has 2 aromatic heterocycles. The molecule has 1 atom stereocenters. The number of nitriles is 1. The van der Waals surface area contributed by atoms with E-state index in [-0.39, 0.29) is 18.4 Å². The Bertz CT molecular complexity index is 1150. The Kier molecular flexibility index (Phi) is 4.28. The lowest BCUT2D eigenvalue weighted by Gasteiger charge is -2.23. The lowest BCUT2D eigenvalue weighted by atomic mass is 9.84. The molecule has 1 aliphatic heterocycles. The molecule has 0 bridgehead atoms. The largest absolute Gasteiger partial charge is 0.465 e. The van der Waals surface area contributed by atoms with Crippen molar-refractivity contribution in [3.05, 3.63) is 58.7 Å². The summed E-state index contributed by atoms with van der Waals surface area (Å²) in [5.41, 5.74) is 9.62. The molecule has 1 aromatic carbocycles. The number of carbonyl (C=O) groups is 1. The van der Waals surface area contributed by atoms with Crippen molar-refractivity contribution in [1.82, 2.24) is 14.8 Å². The Labute approximate surface area is 161 Å². The predicted octanol–water partition coefficient (Wildman–Crippen LogP) is 2.45. The molecule has 0 unspecified atom stereocenters. The summed E-state index contributed by atoms with van der Waals surface area (Å²) in [6.07, 6.45) is 1.87. The molecule has 0 saturated carbocycles. The smallest absolute Gasteiger partial charge is 0.325 e. The van der Waals surface area contributed by atoms with Gasteiger partial charge in [0.2, 0.25) is 11.8 Å². The molecule has 0 amide bonds. The van der Waals surface area contributed by atoms with Crippen molar-refractivity contribution < 1.29 is 14.3 Å². The van der Waals surface area contributed by atoms with E-state index in [1.165, 1.54) is 0 Å². The third-order valence-corrected chi connectivity index (χ3v) is 4.86. The predicted molar refractivity (Wildman–Crippen MR) is 101 cm³/mol. The van der Waals surface area contributed by atoms with Crippen LogP contribution < -0.4 is 10.5 Å². The second kappa shape index (κ2) is 6.78. The normalized spacial score (nSPS) is 15.8. The summed E-state index contributed by atoms with van der Waals surface area (Å²) in [7, 11) is 0. The number of hydrogen-bond acceptors (Lipinski definition) is 6. The van der Waals surface area contributed by atoms with Crippen molar-refractivity contribution in [1.29, 1.82) is 5.26 Å². The first kappa shape index (κ1) is 17.7. The third kappa shape index (κ3) is 2.68. The van der Waals surface area contributed by atoms with Gasteiger partial charge in [0.05, 0.1) is 12.5 Å². The second-order valence-electron chi connectivity index (χ2n) is 6.53. The van der Waals surface area contributed by atoms with E-state index in [0.29, 0.717) is 18.1 Å². The highest BCUT2D eigenvalue weighted by atomic mass is 16.5. The van der Waals surface area contributed by atoms with Gasteiger partial charge < -0.3 is 19.8 Å². The monoisotopic (exact) mass is 377 g/mol. The number of hydrogen-bond donors (Lipinski definition) is 2. The van der Waals surface area contributed by atoms with Crippen molar-refractivity contribution in [2.75, 3.05) is 6.61 Å². The van der Waals surface area contributed by atoms with E-state index in [0.717, 1.165) is 27.7 Å². The minimum atomic E-state index is -0.444. The first-order chi connectivity index (χ1) is 13.5. The summed E-state index contributed by atoms with van der Waals surface area (Å²) >= 11 is 0. The van der Waals surface area contributed by atoms with Crippen LogP contribution >= 0.6 is 0 Å². The Morgan fingerprint density at radius 2 is 2.25 bits per heavy atom. The molecule has 0 radical (unpaired) electrons. The van der Waals surface area contributed by atoms with Gasteiger partial charge in [0, 0.05) is 28.4 Å². The molecule has 142 valence electrons. The quantitative estimate of drug-likeness (QED) is 0.674. The van der Waals surface area contributed by atoms with E-state index >= 15 is 0 Å². The zero-order chi connectivity index (χ0) is 19.8. The van der Waals surface area contributed by atoms with Crippen molar-refractivity contribution in [3.8, 4) is 11.9 Å². The Balaban J connectivity index is 1.93. The minimum Gasteiger partial charge on any atom is -0.465 e. The first-order valence-corrected chi connectivity index (χ1v) is 8.91. The molecular weight excluding hydrogens is 358 g/mol. The van der Waals surface area contributed by atoms with Crippen LogP contribution in [0.3, 0.4) is 0 Å². The fourth-order valence-corrected chi connectivity index (χ4v) is 3.69. The van der Waals surface area contributed by atoms with Crippen LogP contribution in [-0.4, -0.2) is 27.3 Å². The first-order valence-electron chi connectivity index (χ1n) is 8.91. The van der Waals surface area contributed by atoms with Gasteiger partial charge in [-0.25, -0.2) is 0 Å². The highest BCUT2D eigenvalue weighted by Gasteiger charge is 2.36. The summed E-state index contributed by atoms with van der Waals surface area (Å²) in [5, 5.41) is 17.7. The van der Waals surface area contributed by atoms with E-state index in [1.807, 2.05) is 42.0 Å². The van der Waals surface area contributed by atoms with Gasteiger partial charge in [-0.1, -0.05) is 18.2 Å². The molecule has 0 fully saturated rings. The highest BCUT2D eigenvalue weighted by Crippen LogP contribution is 2.45. The average Bonchev–Trinajstić information content (AvgIpc) is 3.22. The van der Waals surface area contributed by atoms with Crippen LogP contribution in [0.15, 0.2) is 41.9 Å². The van der Waals surface area contributed by atoms with Crippen molar-refractivity contribution >= 4 is 16.9 Å². The van der Waals surface area contributed by atoms with Crippen LogP contribution in [-0.2, 0) is 16.1 Å². The number of rotatable bonds is 4. The number of esters is 1. The van der Waals surface area contributed by atoms with E-state index in [1.54, 1.807) is 6.92 Å². The number of para-hydroxylation sites is 1. The zero-order valence-electron chi connectivity index (χ0n) is 15.5. The molecule has 3 aromatic rings. The summed E-state index contributed by atoms with van der Waals surface area (Å²) in [6.45, 7) is 4.04. The molecule has 28 heavy (non-hydrogen) atoms. The number of aromatic nitrogens is 3. The lowest BCUT2D eigenvalue weighted by Crippen LogP contribution is -2.21. The van der Waals surface area contributed by atoms with E-state index in [2.05, 4.69) is 16.3 Å². The molecule has 4 rings (SSSR count). The fraction of sp³-hybridized carbons (Fsp3) is 0.250. The molecule has 0 saturated heterocycles. The SMILES string of the molecule is CCOC(=O)Cn1cc([C@@H]2C(C#N)=C(N)Oc3n[nH]c(C)c32)c2ccccc21. The van der Waals surface area contributed by atoms with E-state index in [9.17, 15) is 10.1 Å². The minimum absolute atomic E-state index is 0.0359. The molecule has 0 spiro atoms. The average molecular weight is 377 g/mol. The summed E-state index contributed by atoms with van der Waals surface area (Å²) in [5.74, 6) is -0.367. The van der Waals surface area contributed by atoms with Crippen LogP contribution in [0.5, 0.6) is 5.88 Å². The summed E-state index contributed by atoms with van der Waals surface area (Å²) in [6, 6.07) is 9.90. The van der Waals surface area contributed by atoms with Crippen LogP contribution in [0.4, 0.5) is 0 Å². The highest BCUT2D eigenvalue weighted by molar-refractivity contribution is 5.87. The van der Waals surface area contributed by atoms with Crippen molar-refractivity contribution in [2.24, 2.45) is 5.73 Å². The number of nitrogens with one attached hydrogen (secondary N) is 1. The number of nitrogens with two attached hydrogens (primary N) is 1. The summed E-state index contributed by atoms with van der Waals surface area (Å²) in [4.78, 5) is 12.1. The molecule has 0 aliphatic carbocycles. The Morgan fingerprint density at radius 1 is 1.46 bits per heavy atom. The van der Waals surface area contributed by atoms with Gasteiger partial charge in [-0.2, -0.15) is 5.26 Å². The molecule has 8 nitrogen and oxygen atoms in total. The van der Waals surface area contributed by atoms with Gasteiger partial charge in [-0.3, -0.25) is 9.89 Å². The van der Waals surface area contributed by atoms with Gasteiger partial charge >= 0.3 is 5.97 Å². The van der Waals surface area contributed by atoms with Gasteiger partial charge in [0.1, 0.15) is 18.2 Å².